The molecule has 2 aromatic heterocycles. The fraction of sp³-hybridized carbons (Fsp3) is 0.571. The van der Waals surface area contributed by atoms with Crippen molar-refractivity contribution in [2.75, 3.05) is 44.2 Å². The number of carbonyl (C=O) groups excluding carboxylic acids is 1. The number of hydrogen-bond acceptors (Lipinski definition) is 6. The molecule has 5 rings (SSSR count). The molecule has 0 unspecified atom stereocenters. The largest absolute Gasteiger partial charge is 0.338 e. The molecule has 1 saturated carbocycles. The molecule has 4 heterocycles. The molecule has 8 heteroatoms. The van der Waals surface area contributed by atoms with Gasteiger partial charge in [-0.2, -0.15) is 0 Å². The molecule has 2 fully saturated rings. The third-order valence-corrected chi connectivity index (χ3v) is 8.08. The van der Waals surface area contributed by atoms with E-state index >= 15 is 0 Å². The van der Waals surface area contributed by atoms with Crippen LogP contribution in [0.15, 0.2) is 22.1 Å². The van der Waals surface area contributed by atoms with Crippen molar-refractivity contribution in [2.24, 2.45) is 0 Å². The van der Waals surface area contributed by atoms with Crippen LogP contribution in [0.4, 0.5) is 5.95 Å². The summed E-state index contributed by atoms with van der Waals surface area (Å²) in [5.41, 5.74) is 2.29. The minimum atomic E-state index is 0.119. The van der Waals surface area contributed by atoms with Gasteiger partial charge in [-0.25, -0.2) is 9.97 Å². The van der Waals surface area contributed by atoms with Crippen molar-refractivity contribution in [1.29, 1.82) is 0 Å². The Kier molecular flexibility index (Phi) is 5.58. The van der Waals surface area contributed by atoms with Gasteiger partial charge >= 0.3 is 0 Å². The summed E-state index contributed by atoms with van der Waals surface area (Å²) >= 11 is 4.95. The fourth-order valence-electron chi connectivity index (χ4n) is 4.44. The first kappa shape index (κ1) is 19.5. The number of anilines is 1. The van der Waals surface area contributed by atoms with Crippen LogP contribution in [0.3, 0.4) is 0 Å². The molecule has 2 aromatic rings. The number of aromatic nitrogens is 2. The topological polar surface area (TPSA) is 52.6 Å². The number of fused-ring (bicyclic) bond motifs is 1. The van der Waals surface area contributed by atoms with E-state index in [1.54, 1.807) is 0 Å². The molecule has 1 aliphatic carbocycles. The van der Waals surface area contributed by atoms with Crippen molar-refractivity contribution < 1.29 is 4.79 Å². The summed E-state index contributed by atoms with van der Waals surface area (Å²) in [4.78, 5) is 30.1. The number of hydrogen-bond donors (Lipinski definition) is 0. The van der Waals surface area contributed by atoms with Gasteiger partial charge in [0.25, 0.3) is 5.91 Å². The molecular weight excluding hydrogens is 450 g/mol. The molecule has 0 atom stereocenters. The van der Waals surface area contributed by atoms with Gasteiger partial charge in [-0.3, -0.25) is 9.69 Å². The third kappa shape index (κ3) is 4.07. The highest BCUT2D eigenvalue weighted by Gasteiger charge is 2.29. The van der Waals surface area contributed by atoms with E-state index in [2.05, 4.69) is 30.7 Å². The molecule has 0 bridgehead atoms. The number of thiophene rings is 1. The molecule has 0 radical (unpaired) electrons. The Morgan fingerprint density at radius 1 is 1.07 bits per heavy atom. The van der Waals surface area contributed by atoms with Gasteiger partial charge < -0.3 is 9.80 Å². The molecule has 0 spiro atoms. The van der Waals surface area contributed by atoms with Crippen LogP contribution in [0.5, 0.6) is 0 Å². The van der Waals surface area contributed by atoms with Crippen molar-refractivity contribution in [1.82, 2.24) is 19.8 Å². The zero-order valence-electron chi connectivity index (χ0n) is 16.5. The van der Waals surface area contributed by atoms with Crippen LogP contribution in [0.1, 0.15) is 40.2 Å². The van der Waals surface area contributed by atoms with Crippen molar-refractivity contribution >= 4 is 39.1 Å². The van der Waals surface area contributed by atoms with E-state index in [1.165, 1.54) is 36.2 Å². The Balaban J connectivity index is 1.24. The van der Waals surface area contributed by atoms with Gasteiger partial charge in [0.2, 0.25) is 5.95 Å². The number of rotatable bonds is 3. The van der Waals surface area contributed by atoms with Gasteiger partial charge in [-0.15, -0.1) is 11.3 Å². The van der Waals surface area contributed by atoms with Gasteiger partial charge in [-0.1, -0.05) is 6.42 Å². The molecule has 0 aromatic carbocycles. The Labute approximate surface area is 184 Å². The average Bonchev–Trinajstić information content (AvgIpc) is 3.02. The number of halogens is 1. The first-order valence-electron chi connectivity index (χ1n) is 10.6. The van der Waals surface area contributed by atoms with Crippen LogP contribution >= 0.6 is 27.3 Å². The lowest BCUT2D eigenvalue weighted by Crippen LogP contribution is -2.52. The number of nitrogens with zero attached hydrogens (tertiary/aromatic N) is 5. The van der Waals surface area contributed by atoms with Crippen molar-refractivity contribution in [3.63, 3.8) is 0 Å². The Morgan fingerprint density at radius 2 is 1.86 bits per heavy atom. The van der Waals surface area contributed by atoms with Crippen LogP contribution in [0, 0.1) is 0 Å². The van der Waals surface area contributed by atoms with E-state index in [4.69, 9.17) is 4.98 Å². The van der Waals surface area contributed by atoms with Crippen LogP contribution < -0.4 is 4.90 Å². The zero-order chi connectivity index (χ0) is 19.8. The predicted octanol–water partition coefficient (Wildman–Crippen LogP) is 3.22. The van der Waals surface area contributed by atoms with Crippen molar-refractivity contribution in [3.8, 4) is 0 Å². The van der Waals surface area contributed by atoms with Crippen molar-refractivity contribution in [3.05, 3.63) is 38.3 Å². The maximum atomic E-state index is 12.8. The molecule has 2 aliphatic heterocycles. The molecule has 0 N–H and O–H groups in total. The minimum absolute atomic E-state index is 0.119. The third-order valence-electron chi connectivity index (χ3n) is 6.47. The molecule has 6 nitrogen and oxygen atoms in total. The Bertz CT molecular complexity index is 891. The first-order chi connectivity index (χ1) is 14.2. The summed E-state index contributed by atoms with van der Waals surface area (Å²) in [6, 6.07) is 4.65. The SMILES string of the molecule is O=C(c1ccc(Br)s1)N1CCc2cnc(N3CCN(C4CCC4)CC3)nc2CC1. The van der Waals surface area contributed by atoms with Gasteiger partial charge in [0.05, 0.1) is 14.4 Å². The van der Waals surface area contributed by atoms with E-state index < -0.39 is 0 Å². The van der Waals surface area contributed by atoms with Gasteiger partial charge in [0.1, 0.15) is 0 Å². The van der Waals surface area contributed by atoms with Crippen molar-refractivity contribution in [2.45, 2.75) is 38.1 Å². The monoisotopic (exact) mass is 475 g/mol. The fourth-order valence-corrected chi connectivity index (χ4v) is 5.80. The first-order valence-corrected chi connectivity index (χ1v) is 12.2. The summed E-state index contributed by atoms with van der Waals surface area (Å²) in [6.07, 6.45) is 7.74. The van der Waals surface area contributed by atoms with Gasteiger partial charge in [0.15, 0.2) is 0 Å². The lowest BCUT2D eigenvalue weighted by molar-refractivity contribution is 0.0768. The van der Waals surface area contributed by atoms with E-state index in [9.17, 15) is 4.79 Å². The highest BCUT2D eigenvalue weighted by Crippen LogP contribution is 2.27. The summed E-state index contributed by atoms with van der Waals surface area (Å²) in [5.74, 6) is 0.979. The highest BCUT2D eigenvalue weighted by atomic mass is 79.9. The second-order valence-corrected chi connectivity index (χ2v) is 10.6. The molecular formula is C21H26BrN5OS. The van der Waals surface area contributed by atoms with E-state index in [0.29, 0.717) is 6.54 Å². The quantitative estimate of drug-likeness (QED) is 0.681. The van der Waals surface area contributed by atoms with Crippen LogP contribution in [-0.4, -0.2) is 71.0 Å². The van der Waals surface area contributed by atoms with Crippen LogP contribution in [-0.2, 0) is 12.8 Å². The predicted molar refractivity (Wildman–Crippen MR) is 119 cm³/mol. The Morgan fingerprint density at radius 3 is 2.55 bits per heavy atom. The van der Waals surface area contributed by atoms with Crippen LogP contribution in [0.2, 0.25) is 0 Å². The lowest BCUT2D eigenvalue weighted by Gasteiger charge is -2.43. The smallest absolute Gasteiger partial charge is 0.263 e. The lowest BCUT2D eigenvalue weighted by atomic mass is 9.91. The maximum Gasteiger partial charge on any atom is 0.263 e. The molecule has 1 saturated heterocycles. The second-order valence-electron chi connectivity index (χ2n) is 8.15. The zero-order valence-corrected chi connectivity index (χ0v) is 18.9. The molecule has 3 aliphatic rings. The summed E-state index contributed by atoms with van der Waals surface area (Å²) in [5, 5.41) is 0. The number of carbonyl (C=O) groups is 1. The van der Waals surface area contributed by atoms with E-state index in [0.717, 1.165) is 71.9 Å². The maximum absolute atomic E-state index is 12.8. The summed E-state index contributed by atoms with van der Waals surface area (Å²) in [7, 11) is 0. The summed E-state index contributed by atoms with van der Waals surface area (Å²) in [6.45, 7) is 5.69. The minimum Gasteiger partial charge on any atom is -0.338 e. The van der Waals surface area contributed by atoms with E-state index in [-0.39, 0.29) is 5.91 Å². The van der Waals surface area contributed by atoms with Gasteiger partial charge in [-0.05, 0) is 52.9 Å². The molecule has 29 heavy (non-hydrogen) atoms. The average molecular weight is 476 g/mol. The molecule has 1 amide bonds. The number of piperazine rings is 1. The standard InChI is InChI=1S/C21H26BrN5OS/c22-19-5-4-18(29-19)20(28)26-8-6-15-14-23-21(24-17(15)7-9-26)27-12-10-25(11-13-27)16-2-1-3-16/h4-5,14,16H,1-3,6-13H2. The van der Waals surface area contributed by atoms with Crippen LogP contribution in [0.25, 0.3) is 0 Å². The van der Waals surface area contributed by atoms with E-state index in [1.807, 2.05) is 23.2 Å². The van der Waals surface area contributed by atoms with Gasteiger partial charge in [0, 0.05) is 57.9 Å². The highest BCUT2D eigenvalue weighted by molar-refractivity contribution is 9.11. The second kappa shape index (κ2) is 8.32. The Hall–Kier alpha value is -1.51. The molecule has 154 valence electrons. The normalized spacial score (nSPS) is 20.9. The number of amides is 1. The summed E-state index contributed by atoms with van der Waals surface area (Å²) < 4.78 is 0.992.